The van der Waals surface area contributed by atoms with Gasteiger partial charge < -0.3 is 14.3 Å². The van der Waals surface area contributed by atoms with E-state index in [1.807, 2.05) is 6.92 Å². The molecule has 6 nitrogen and oxygen atoms in total. The molecule has 0 aliphatic rings. The number of rotatable bonds is 4. The fraction of sp³-hybridized carbons (Fsp3) is 0.444. The average Bonchev–Trinajstić information content (AvgIpc) is 2.83. The summed E-state index contributed by atoms with van der Waals surface area (Å²) in [5.41, 5.74) is 0.741. The highest BCUT2D eigenvalue weighted by Gasteiger charge is 2.13. The Morgan fingerprint density at radius 3 is 2.93 bits per heavy atom. The zero-order chi connectivity index (χ0) is 10.7. The first-order valence-electron chi connectivity index (χ1n) is 4.76. The van der Waals surface area contributed by atoms with Crippen molar-refractivity contribution in [3.8, 4) is 11.5 Å². The molecule has 0 bridgehead atoms. The van der Waals surface area contributed by atoms with E-state index >= 15 is 0 Å². The molecular weight excluding hydrogens is 196 g/mol. The third-order valence-corrected chi connectivity index (χ3v) is 1.97. The summed E-state index contributed by atoms with van der Waals surface area (Å²) in [5.74, 6) is 1.68. The van der Waals surface area contributed by atoms with E-state index in [0.29, 0.717) is 24.1 Å². The van der Waals surface area contributed by atoms with Gasteiger partial charge in [-0.1, -0.05) is 12.1 Å². The van der Waals surface area contributed by atoms with Crippen LogP contribution in [0.2, 0.25) is 0 Å². The first-order chi connectivity index (χ1) is 7.31. The Morgan fingerprint density at radius 2 is 2.27 bits per heavy atom. The first-order valence-corrected chi connectivity index (χ1v) is 4.76. The third kappa shape index (κ3) is 2.04. The molecule has 2 heterocycles. The summed E-state index contributed by atoms with van der Waals surface area (Å²) in [6.45, 7) is 5.26. The maximum Gasteiger partial charge on any atom is 0.253 e. The second kappa shape index (κ2) is 4.22. The number of hydrogen-bond acceptors (Lipinski definition) is 6. The Kier molecular flexibility index (Phi) is 2.77. The summed E-state index contributed by atoms with van der Waals surface area (Å²) in [6.07, 6.45) is 1.57. The Labute approximate surface area is 86.7 Å². The van der Waals surface area contributed by atoms with E-state index in [1.165, 1.54) is 0 Å². The van der Waals surface area contributed by atoms with Crippen molar-refractivity contribution in [1.82, 2.24) is 20.7 Å². The third-order valence-electron chi connectivity index (χ3n) is 1.97. The summed E-state index contributed by atoms with van der Waals surface area (Å²) in [5, 5.41) is 14.6. The van der Waals surface area contributed by atoms with Crippen molar-refractivity contribution in [2.24, 2.45) is 0 Å². The molecule has 0 fully saturated rings. The van der Waals surface area contributed by atoms with Crippen LogP contribution in [-0.4, -0.2) is 21.9 Å². The Bertz CT molecular complexity index is 435. The predicted molar refractivity (Wildman–Crippen MR) is 51.9 cm³/mol. The van der Waals surface area contributed by atoms with Gasteiger partial charge in [-0.05, 0) is 13.5 Å². The SMILES string of the molecule is CCNCc1nnc(-c2cnoc2C)o1. The molecule has 0 aliphatic carbocycles. The van der Waals surface area contributed by atoms with Crippen LogP contribution < -0.4 is 5.32 Å². The van der Waals surface area contributed by atoms with Crippen LogP contribution in [0.4, 0.5) is 0 Å². The summed E-state index contributed by atoms with van der Waals surface area (Å²) in [6, 6.07) is 0. The number of aryl methyl sites for hydroxylation is 1. The molecule has 15 heavy (non-hydrogen) atoms. The molecule has 2 rings (SSSR count). The van der Waals surface area contributed by atoms with E-state index in [4.69, 9.17) is 8.94 Å². The predicted octanol–water partition coefficient (Wildman–Crippen LogP) is 1.14. The molecule has 0 saturated heterocycles. The number of aromatic nitrogens is 3. The van der Waals surface area contributed by atoms with E-state index in [9.17, 15) is 0 Å². The fourth-order valence-electron chi connectivity index (χ4n) is 1.17. The number of nitrogens with one attached hydrogen (secondary N) is 1. The maximum absolute atomic E-state index is 5.43. The number of nitrogens with zero attached hydrogens (tertiary/aromatic N) is 3. The molecule has 1 N–H and O–H groups in total. The highest BCUT2D eigenvalue weighted by molar-refractivity contribution is 5.52. The second-order valence-electron chi connectivity index (χ2n) is 3.08. The summed E-state index contributed by atoms with van der Waals surface area (Å²) < 4.78 is 10.3. The van der Waals surface area contributed by atoms with Crippen LogP contribution in [0, 0.1) is 6.92 Å². The molecule has 6 heteroatoms. The minimum atomic E-state index is 0.446. The van der Waals surface area contributed by atoms with Gasteiger partial charge in [-0.25, -0.2) is 0 Å². The highest BCUT2D eigenvalue weighted by atomic mass is 16.5. The van der Waals surface area contributed by atoms with Gasteiger partial charge in [0, 0.05) is 0 Å². The molecule has 2 aromatic heterocycles. The van der Waals surface area contributed by atoms with Crippen LogP contribution in [0.25, 0.3) is 11.5 Å². The Balaban J connectivity index is 2.17. The highest BCUT2D eigenvalue weighted by Crippen LogP contribution is 2.20. The van der Waals surface area contributed by atoms with Crippen LogP contribution in [0.1, 0.15) is 18.6 Å². The lowest BCUT2D eigenvalue weighted by Crippen LogP contribution is -2.11. The van der Waals surface area contributed by atoms with Gasteiger partial charge in [0.05, 0.1) is 12.7 Å². The van der Waals surface area contributed by atoms with Crippen molar-refractivity contribution in [2.45, 2.75) is 20.4 Å². The van der Waals surface area contributed by atoms with Crippen molar-refractivity contribution >= 4 is 0 Å². The van der Waals surface area contributed by atoms with Crippen molar-refractivity contribution in [2.75, 3.05) is 6.54 Å². The van der Waals surface area contributed by atoms with Crippen LogP contribution in [0.3, 0.4) is 0 Å². The van der Waals surface area contributed by atoms with Gasteiger partial charge in [0.15, 0.2) is 0 Å². The summed E-state index contributed by atoms with van der Waals surface area (Å²) in [4.78, 5) is 0. The maximum atomic E-state index is 5.43. The van der Waals surface area contributed by atoms with E-state index < -0.39 is 0 Å². The Hall–Kier alpha value is -1.69. The molecule has 0 radical (unpaired) electrons. The van der Waals surface area contributed by atoms with Gasteiger partial charge >= 0.3 is 0 Å². The van der Waals surface area contributed by atoms with Crippen LogP contribution in [-0.2, 0) is 6.54 Å². The quantitative estimate of drug-likeness (QED) is 0.811. The zero-order valence-electron chi connectivity index (χ0n) is 8.65. The zero-order valence-corrected chi connectivity index (χ0v) is 8.65. The fourth-order valence-corrected chi connectivity index (χ4v) is 1.17. The minimum Gasteiger partial charge on any atom is -0.419 e. The smallest absolute Gasteiger partial charge is 0.253 e. The molecular formula is C9H12N4O2. The first kappa shape index (κ1) is 9.85. The van der Waals surface area contributed by atoms with Crippen LogP contribution >= 0.6 is 0 Å². The molecule has 0 saturated carbocycles. The van der Waals surface area contributed by atoms with Gasteiger partial charge in [-0.15, -0.1) is 10.2 Å². The molecule has 0 aliphatic heterocycles. The van der Waals surface area contributed by atoms with Crippen LogP contribution in [0.15, 0.2) is 15.1 Å². The lowest BCUT2D eigenvalue weighted by molar-refractivity contribution is 0.397. The van der Waals surface area contributed by atoms with E-state index in [-0.39, 0.29) is 0 Å². The van der Waals surface area contributed by atoms with Gasteiger partial charge in [-0.3, -0.25) is 0 Å². The lowest BCUT2D eigenvalue weighted by Gasteiger charge is -1.93. The molecule has 0 spiro atoms. The largest absolute Gasteiger partial charge is 0.419 e. The van der Waals surface area contributed by atoms with Gasteiger partial charge in [0.1, 0.15) is 11.3 Å². The lowest BCUT2D eigenvalue weighted by atomic mass is 10.3. The standard InChI is InChI=1S/C9H12N4O2/c1-3-10-5-8-12-13-9(14-8)7-4-11-15-6(7)2/h4,10H,3,5H2,1-2H3. The molecule has 0 amide bonds. The molecule has 0 unspecified atom stereocenters. The Morgan fingerprint density at radius 1 is 1.40 bits per heavy atom. The second-order valence-corrected chi connectivity index (χ2v) is 3.08. The van der Waals surface area contributed by atoms with Gasteiger partial charge in [0.25, 0.3) is 5.89 Å². The molecule has 2 aromatic rings. The van der Waals surface area contributed by atoms with Gasteiger partial charge in [-0.2, -0.15) is 0 Å². The normalized spacial score (nSPS) is 10.8. The topological polar surface area (TPSA) is 77.0 Å². The minimum absolute atomic E-state index is 0.446. The van der Waals surface area contributed by atoms with Crippen molar-refractivity contribution in [1.29, 1.82) is 0 Å². The van der Waals surface area contributed by atoms with Crippen molar-refractivity contribution in [3.05, 3.63) is 17.8 Å². The van der Waals surface area contributed by atoms with E-state index in [0.717, 1.165) is 12.1 Å². The average molecular weight is 208 g/mol. The van der Waals surface area contributed by atoms with Crippen molar-refractivity contribution in [3.63, 3.8) is 0 Å². The van der Waals surface area contributed by atoms with Gasteiger partial charge in [0.2, 0.25) is 5.89 Å². The molecule has 0 aromatic carbocycles. The summed E-state index contributed by atoms with van der Waals surface area (Å²) >= 11 is 0. The van der Waals surface area contributed by atoms with E-state index in [2.05, 4.69) is 20.7 Å². The van der Waals surface area contributed by atoms with E-state index in [1.54, 1.807) is 13.1 Å². The summed E-state index contributed by atoms with van der Waals surface area (Å²) in [7, 11) is 0. The molecule has 0 atom stereocenters. The molecule has 80 valence electrons. The monoisotopic (exact) mass is 208 g/mol. The van der Waals surface area contributed by atoms with Crippen LogP contribution in [0.5, 0.6) is 0 Å². The number of hydrogen-bond donors (Lipinski definition) is 1. The van der Waals surface area contributed by atoms with Crippen molar-refractivity contribution < 1.29 is 8.94 Å².